The molecule has 17 heavy (non-hydrogen) atoms. The highest BCUT2D eigenvalue weighted by Crippen LogP contribution is 2.14. The number of rotatable bonds is 5. The normalized spacial score (nSPS) is 11.6. The summed E-state index contributed by atoms with van der Waals surface area (Å²) in [4.78, 5) is 11.6. The van der Waals surface area contributed by atoms with Gasteiger partial charge in [-0.2, -0.15) is 17.0 Å². The Morgan fingerprint density at radius 3 is 2.94 bits per heavy atom. The van der Waals surface area contributed by atoms with Crippen LogP contribution in [-0.2, 0) is 4.79 Å². The summed E-state index contributed by atoms with van der Waals surface area (Å²) in [5.41, 5.74) is 6.61. The Hall–Kier alpha value is -1.51. The molecule has 0 aromatic heterocycles. The van der Waals surface area contributed by atoms with Gasteiger partial charge in [0, 0.05) is 11.8 Å². The van der Waals surface area contributed by atoms with Gasteiger partial charge in [-0.3, -0.25) is 4.79 Å². The van der Waals surface area contributed by atoms with Gasteiger partial charge in [-0.25, -0.2) is 0 Å². The van der Waals surface area contributed by atoms with Crippen molar-refractivity contribution < 1.29 is 4.79 Å². The van der Waals surface area contributed by atoms with Crippen LogP contribution in [0.3, 0.4) is 0 Å². The minimum absolute atomic E-state index is 0.0826. The van der Waals surface area contributed by atoms with Gasteiger partial charge in [-0.05, 0) is 19.1 Å². The number of thioether (sulfide) groups is 1. The largest absolute Gasteiger partial charge is 0.327 e. The summed E-state index contributed by atoms with van der Waals surface area (Å²) in [5.74, 6) is 0.979. The van der Waals surface area contributed by atoms with Gasteiger partial charge in [-0.1, -0.05) is 12.1 Å². The number of carbonyl (C=O) groups is 1. The predicted octanol–water partition coefficient (Wildman–Crippen LogP) is 1.58. The van der Waals surface area contributed by atoms with Crippen molar-refractivity contribution in [1.29, 1.82) is 5.26 Å². The molecule has 0 saturated heterocycles. The number of carbonyl (C=O) groups excluding carboxylic acids is 1. The maximum atomic E-state index is 11.6. The Labute approximate surface area is 105 Å². The van der Waals surface area contributed by atoms with Crippen LogP contribution in [0.1, 0.15) is 12.5 Å². The lowest BCUT2D eigenvalue weighted by molar-refractivity contribution is -0.113. The molecule has 0 aliphatic rings. The second-order valence-corrected chi connectivity index (χ2v) is 4.73. The van der Waals surface area contributed by atoms with Crippen molar-refractivity contribution in [2.75, 3.05) is 16.8 Å². The van der Waals surface area contributed by atoms with Gasteiger partial charge >= 0.3 is 0 Å². The van der Waals surface area contributed by atoms with Crippen LogP contribution in [0.4, 0.5) is 5.69 Å². The van der Waals surface area contributed by atoms with Crippen molar-refractivity contribution >= 4 is 23.4 Å². The van der Waals surface area contributed by atoms with E-state index in [1.807, 2.05) is 13.0 Å². The van der Waals surface area contributed by atoms with Crippen LogP contribution in [0.5, 0.6) is 0 Å². The molecule has 1 unspecified atom stereocenters. The van der Waals surface area contributed by atoms with Crippen LogP contribution in [0.15, 0.2) is 24.3 Å². The third-order valence-corrected chi connectivity index (χ3v) is 3.16. The van der Waals surface area contributed by atoms with E-state index in [4.69, 9.17) is 11.0 Å². The molecule has 1 aromatic carbocycles. The number of para-hydroxylation sites is 1. The highest BCUT2D eigenvalue weighted by molar-refractivity contribution is 8.00. The number of hydrogen-bond acceptors (Lipinski definition) is 4. The monoisotopic (exact) mass is 249 g/mol. The van der Waals surface area contributed by atoms with E-state index in [1.54, 1.807) is 24.3 Å². The van der Waals surface area contributed by atoms with Gasteiger partial charge in [-0.15, -0.1) is 0 Å². The zero-order chi connectivity index (χ0) is 12.7. The van der Waals surface area contributed by atoms with Crippen LogP contribution in [0.25, 0.3) is 0 Å². The molecule has 0 radical (unpaired) electrons. The van der Waals surface area contributed by atoms with Crippen molar-refractivity contribution in [2.24, 2.45) is 5.73 Å². The minimum atomic E-state index is -0.113. The summed E-state index contributed by atoms with van der Waals surface area (Å²) in [7, 11) is 0. The fourth-order valence-electron chi connectivity index (χ4n) is 1.21. The second kappa shape index (κ2) is 6.94. The molecule has 1 amide bonds. The zero-order valence-corrected chi connectivity index (χ0v) is 10.5. The van der Waals surface area contributed by atoms with E-state index in [9.17, 15) is 4.79 Å². The van der Waals surface area contributed by atoms with Crippen LogP contribution >= 0.6 is 11.8 Å². The third-order valence-electron chi connectivity index (χ3n) is 1.94. The van der Waals surface area contributed by atoms with E-state index in [-0.39, 0.29) is 11.9 Å². The maximum Gasteiger partial charge on any atom is 0.234 e. The average molecular weight is 249 g/mol. The summed E-state index contributed by atoms with van der Waals surface area (Å²) >= 11 is 1.48. The summed E-state index contributed by atoms with van der Waals surface area (Å²) < 4.78 is 0. The molecule has 0 aliphatic carbocycles. The lowest BCUT2D eigenvalue weighted by atomic mass is 10.2. The fourth-order valence-corrected chi connectivity index (χ4v) is 1.96. The fraction of sp³-hybridized carbons (Fsp3) is 0.333. The van der Waals surface area contributed by atoms with Gasteiger partial charge in [0.15, 0.2) is 0 Å². The van der Waals surface area contributed by atoms with Crippen molar-refractivity contribution in [3.63, 3.8) is 0 Å². The molecule has 5 heteroatoms. The number of nitriles is 1. The molecule has 0 fully saturated rings. The standard InChI is InChI=1S/C12H15N3OS/c1-9(14)7-17-8-12(16)15-11-5-3-2-4-10(11)6-13/h2-5,9H,7-8,14H2,1H3,(H,15,16). The van der Waals surface area contributed by atoms with Crippen LogP contribution < -0.4 is 11.1 Å². The lowest BCUT2D eigenvalue weighted by Crippen LogP contribution is -2.20. The Morgan fingerprint density at radius 2 is 2.29 bits per heavy atom. The maximum absolute atomic E-state index is 11.6. The van der Waals surface area contributed by atoms with Gasteiger partial charge < -0.3 is 11.1 Å². The first-order valence-electron chi connectivity index (χ1n) is 5.25. The molecular weight excluding hydrogens is 234 g/mol. The van der Waals surface area contributed by atoms with Crippen LogP contribution in [-0.4, -0.2) is 23.5 Å². The molecular formula is C12H15N3OS. The van der Waals surface area contributed by atoms with Crippen molar-refractivity contribution in [2.45, 2.75) is 13.0 Å². The summed E-state index contributed by atoms with van der Waals surface area (Å²) in [6.45, 7) is 1.90. The van der Waals surface area contributed by atoms with E-state index in [0.29, 0.717) is 17.0 Å². The number of anilines is 1. The number of nitrogens with one attached hydrogen (secondary N) is 1. The molecule has 3 N–H and O–H groups in total. The highest BCUT2D eigenvalue weighted by Gasteiger charge is 2.06. The van der Waals surface area contributed by atoms with Crippen LogP contribution in [0, 0.1) is 11.3 Å². The molecule has 1 rings (SSSR count). The van der Waals surface area contributed by atoms with Gasteiger partial charge in [0.1, 0.15) is 6.07 Å². The quantitative estimate of drug-likeness (QED) is 0.830. The van der Waals surface area contributed by atoms with E-state index in [0.717, 1.165) is 5.75 Å². The Balaban J connectivity index is 2.48. The number of benzene rings is 1. The SMILES string of the molecule is CC(N)CSCC(=O)Nc1ccccc1C#N. The number of hydrogen-bond donors (Lipinski definition) is 2. The smallest absolute Gasteiger partial charge is 0.234 e. The highest BCUT2D eigenvalue weighted by atomic mass is 32.2. The summed E-state index contributed by atoms with van der Waals surface area (Å²) in [6.07, 6.45) is 0. The molecule has 1 atom stereocenters. The first-order valence-corrected chi connectivity index (χ1v) is 6.41. The third kappa shape index (κ3) is 4.89. The Kier molecular flexibility index (Phi) is 5.53. The number of nitrogens with zero attached hydrogens (tertiary/aromatic N) is 1. The first-order chi connectivity index (χ1) is 8.13. The molecule has 0 aliphatic heterocycles. The van der Waals surface area contributed by atoms with E-state index >= 15 is 0 Å². The zero-order valence-electron chi connectivity index (χ0n) is 9.64. The topological polar surface area (TPSA) is 78.9 Å². The molecule has 0 spiro atoms. The van der Waals surface area contributed by atoms with Gasteiger partial charge in [0.2, 0.25) is 5.91 Å². The van der Waals surface area contributed by atoms with Gasteiger partial charge in [0.05, 0.1) is 17.0 Å². The molecule has 0 bridgehead atoms. The molecule has 4 nitrogen and oxygen atoms in total. The summed E-state index contributed by atoms with van der Waals surface area (Å²) in [5, 5.41) is 11.6. The lowest BCUT2D eigenvalue weighted by Gasteiger charge is -2.07. The number of amides is 1. The van der Waals surface area contributed by atoms with Crippen LogP contribution in [0.2, 0.25) is 0 Å². The molecule has 0 heterocycles. The molecule has 0 saturated carbocycles. The molecule has 90 valence electrons. The van der Waals surface area contributed by atoms with Crippen molar-refractivity contribution in [3.8, 4) is 6.07 Å². The predicted molar refractivity (Wildman–Crippen MR) is 70.8 cm³/mol. The first kappa shape index (κ1) is 13.6. The van der Waals surface area contributed by atoms with E-state index < -0.39 is 0 Å². The Bertz CT molecular complexity index is 426. The minimum Gasteiger partial charge on any atom is -0.327 e. The van der Waals surface area contributed by atoms with E-state index in [2.05, 4.69) is 5.32 Å². The number of nitrogens with two attached hydrogens (primary N) is 1. The van der Waals surface area contributed by atoms with E-state index in [1.165, 1.54) is 11.8 Å². The van der Waals surface area contributed by atoms with Crippen molar-refractivity contribution in [1.82, 2.24) is 0 Å². The van der Waals surface area contributed by atoms with Crippen molar-refractivity contribution in [3.05, 3.63) is 29.8 Å². The van der Waals surface area contributed by atoms with Gasteiger partial charge in [0.25, 0.3) is 0 Å². The summed E-state index contributed by atoms with van der Waals surface area (Å²) in [6, 6.07) is 9.05. The second-order valence-electron chi connectivity index (χ2n) is 3.70. The average Bonchev–Trinajstić information content (AvgIpc) is 2.29. The molecule has 1 aromatic rings. The Morgan fingerprint density at radius 1 is 1.59 bits per heavy atom.